The Morgan fingerprint density at radius 2 is 1.77 bits per heavy atom. The minimum Gasteiger partial charge on any atom is -0.493 e. The highest BCUT2D eigenvalue weighted by Gasteiger charge is 2.21. The van der Waals surface area contributed by atoms with Crippen molar-refractivity contribution in [3.05, 3.63) is 76.1 Å². The van der Waals surface area contributed by atoms with E-state index in [-0.39, 0.29) is 29.1 Å². The van der Waals surface area contributed by atoms with Crippen LogP contribution in [-0.2, 0) is 0 Å². The Labute approximate surface area is 280 Å². The Kier molecular flexibility index (Phi) is 10.5. The van der Waals surface area contributed by atoms with Crippen LogP contribution in [0.25, 0.3) is 16.6 Å². The van der Waals surface area contributed by atoms with Crippen molar-refractivity contribution in [3.8, 4) is 28.7 Å². The molecule has 0 bridgehead atoms. The molecule has 48 heavy (non-hydrogen) atoms. The molecule has 1 N–H and O–H groups in total. The van der Waals surface area contributed by atoms with Crippen LogP contribution < -0.4 is 25.1 Å². The molecule has 6 rings (SSSR count). The van der Waals surface area contributed by atoms with Gasteiger partial charge in [-0.25, -0.2) is 4.39 Å². The fourth-order valence-electron chi connectivity index (χ4n) is 6.52. The number of hydrogen-bond donors (Lipinski definition) is 1. The van der Waals surface area contributed by atoms with Gasteiger partial charge in [-0.3, -0.25) is 14.6 Å². The van der Waals surface area contributed by atoms with E-state index in [2.05, 4.69) is 27.2 Å². The summed E-state index contributed by atoms with van der Waals surface area (Å²) in [6.07, 6.45) is 10.1. The van der Waals surface area contributed by atoms with Crippen LogP contribution in [0.3, 0.4) is 0 Å². The predicted octanol–water partition coefficient (Wildman–Crippen LogP) is 6.59. The quantitative estimate of drug-likeness (QED) is 0.180. The summed E-state index contributed by atoms with van der Waals surface area (Å²) in [5.74, 6) is 1.20. The second-order valence-corrected chi connectivity index (χ2v) is 13.0. The van der Waals surface area contributed by atoms with Crippen molar-refractivity contribution in [2.24, 2.45) is 5.92 Å². The third kappa shape index (κ3) is 7.78. The van der Waals surface area contributed by atoms with Gasteiger partial charge in [-0.2, -0.15) is 9.78 Å². The average Bonchev–Trinajstić information content (AvgIpc) is 3.08. The Balaban J connectivity index is 1.17. The molecule has 10 nitrogen and oxygen atoms in total. The highest BCUT2D eigenvalue weighted by molar-refractivity contribution is 5.93. The van der Waals surface area contributed by atoms with Gasteiger partial charge in [0.2, 0.25) is 0 Å². The molecule has 3 heterocycles. The minimum atomic E-state index is -0.699. The number of aromatic nitrogens is 3. The molecule has 0 atom stereocenters. The summed E-state index contributed by atoms with van der Waals surface area (Å²) in [5.41, 5.74) is 0.916. The van der Waals surface area contributed by atoms with Crippen molar-refractivity contribution < 1.29 is 23.4 Å². The molecule has 1 aliphatic carbocycles. The number of aryl methyl sites for hydroxylation is 1. The number of carbonyl (C=O) groups is 1. The van der Waals surface area contributed by atoms with Crippen molar-refractivity contribution in [2.45, 2.75) is 71.3 Å². The van der Waals surface area contributed by atoms with E-state index in [4.69, 9.17) is 14.2 Å². The first-order valence-corrected chi connectivity index (χ1v) is 17.0. The van der Waals surface area contributed by atoms with Crippen LogP contribution in [0.4, 0.5) is 4.39 Å². The second kappa shape index (κ2) is 15.1. The van der Waals surface area contributed by atoms with Gasteiger partial charge in [0.05, 0.1) is 24.9 Å². The number of methoxy groups -OCH3 is 1. The predicted molar refractivity (Wildman–Crippen MR) is 182 cm³/mol. The number of benzene rings is 2. The molecule has 0 unspecified atom stereocenters. The van der Waals surface area contributed by atoms with Gasteiger partial charge in [-0.1, -0.05) is 26.2 Å². The van der Waals surface area contributed by atoms with Crippen LogP contribution in [-0.4, -0.2) is 65.0 Å². The Morgan fingerprint density at radius 1 is 0.979 bits per heavy atom. The first-order valence-electron chi connectivity index (χ1n) is 17.0. The number of nitrogens with zero attached hydrogens (tertiary/aromatic N) is 4. The second-order valence-electron chi connectivity index (χ2n) is 13.0. The van der Waals surface area contributed by atoms with E-state index in [0.717, 1.165) is 62.3 Å². The highest BCUT2D eigenvalue weighted by Crippen LogP contribution is 2.38. The van der Waals surface area contributed by atoms with Gasteiger partial charge in [0, 0.05) is 42.4 Å². The fourth-order valence-corrected chi connectivity index (χ4v) is 6.52. The van der Waals surface area contributed by atoms with Crippen molar-refractivity contribution >= 4 is 16.8 Å². The number of amides is 1. The number of carbonyl (C=O) groups excluding carboxylic acids is 1. The van der Waals surface area contributed by atoms with E-state index >= 15 is 4.39 Å². The zero-order chi connectivity index (χ0) is 33.6. The third-order valence-electron chi connectivity index (χ3n) is 9.40. The van der Waals surface area contributed by atoms with Gasteiger partial charge in [-0.15, -0.1) is 0 Å². The Morgan fingerprint density at radius 3 is 2.52 bits per heavy atom. The molecule has 2 aromatic heterocycles. The standard InChI is InChI=1S/C37H44FN5O5/c1-24-13-17-42(18-14-24)16-7-19-47-34-23-30-28(22-33(34)46-3)31(12-15-39-30)48-32-11-10-27(21-29(32)38)43-35(44)20-25(2)36(41-43)37(45)40-26-8-5-4-6-9-26/h10-12,15,20-24,26H,4-9,13-14,16-19H2,1-3H3,(H,40,45). The number of piperidine rings is 1. The molecule has 2 fully saturated rings. The number of likely N-dealkylation sites (tertiary alicyclic amines) is 1. The first-order chi connectivity index (χ1) is 23.3. The minimum absolute atomic E-state index is 0.0481. The molecule has 1 amide bonds. The number of rotatable bonds is 11. The van der Waals surface area contributed by atoms with Crippen LogP contribution >= 0.6 is 0 Å². The Hall–Kier alpha value is -4.51. The number of pyridine rings is 1. The SMILES string of the molecule is COc1cc2c(Oc3ccc(-n4nc(C(=O)NC5CCCCC5)c(C)cc4=O)cc3F)ccnc2cc1OCCCN1CCC(C)CC1. The van der Waals surface area contributed by atoms with Crippen LogP contribution in [0, 0.1) is 18.7 Å². The van der Waals surface area contributed by atoms with Gasteiger partial charge in [0.1, 0.15) is 5.75 Å². The van der Waals surface area contributed by atoms with E-state index in [9.17, 15) is 9.59 Å². The molecule has 254 valence electrons. The fraction of sp³-hybridized carbons (Fsp3) is 0.459. The molecule has 2 aromatic carbocycles. The summed E-state index contributed by atoms with van der Waals surface area (Å²) in [4.78, 5) is 32.9. The van der Waals surface area contributed by atoms with Crippen molar-refractivity contribution in [2.75, 3.05) is 33.4 Å². The maximum Gasteiger partial charge on any atom is 0.272 e. The summed E-state index contributed by atoms with van der Waals surface area (Å²) < 4.78 is 34.3. The molecule has 2 aliphatic rings. The molecule has 1 saturated carbocycles. The first kappa shape index (κ1) is 33.4. The number of halogens is 1. The summed E-state index contributed by atoms with van der Waals surface area (Å²) >= 11 is 0. The van der Waals surface area contributed by atoms with E-state index in [0.29, 0.717) is 40.3 Å². The monoisotopic (exact) mass is 657 g/mol. The van der Waals surface area contributed by atoms with E-state index in [1.807, 2.05) is 0 Å². The largest absolute Gasteiger partial charge is 0.493 e. The molecule has 0 spiro atoms. The summed E-state index contributed by atoms with van der Waals surface area (Å²) in [6.45, 7) is 7.80. The number of hydrogen-bond acceptors (Lipinski definition) is 8. The lowest BCUT2D eigenvalue weighted by Gasteiger charge is -2.30. The lowest BCUT2D eigenvalue weighted by molar-refractivity contribution is 0.0920. The molecule has 1 saturated heterocycles. The lowest BCUT2D eigenvalue weighted by Crippen LogP contribution is -2.38. The molecule has 0 radical (unpaired) electrons. The summed E-state index contributed by atoms with van der Waals surface area (Å²) in [7, 11) is 1.57. The van der Waals surface area contributed by atoms with Crippen LogP contribution in [0.15, 0.2) is 53.5 Å². The lowest BCUT2D eigenvalue weighted by atomic mass is 9.95. The van der Waals surface area contributed by atoms with Gasteiger partial charge in [0.15, 0.2) is 28.8 Å². The average molecular weight is 658 g/mol. The maximum atomic E-state index is 15.5. The third-order valence-corrected chi connectivity index (χ3v) is 9.40. The van der Waals surface area contributed by atoms with Crippen molar-refractivity contribution in [3.63, 3.8) is 0 Å². The Bertz CT molecular complexity index is 1810. The van der Waals surface area contributed by atoms with Gasteiger partial charge < -0.3 is 24.4 Å². The van der Waals surface area contributed by atoms with Crippen LogP contribution in [0.1, 0.15) is 74.3 Å². The highest BCUT2D eigenvalue weighted by atomic mass is 19.1. The maximum absolute atomic E-state index is 15.5. The zero-order valence-electron chi connectivity index (χ0n) is 28.0. The topological polar surface area (TPSA) is 108 Å². The van der Waals surface area contributed by atoms with Crippen molar-refractivity contribution in [1.29, 1.82) is 0 Å². The smallest absolute Gasteiger partial charge is 0.272 e. The van der Waals surface area contributed by atoms with Crippen LogP contribution in [0.5, 0.6) is 23.0 Å². The van der Waals surface area contributed by atoms with E-state index < -0.39 is 11.4 Å². The molecule has 4 aromatic rings. The van der Waals surface area contributed by atoms with Gasteiger partial charge in [-0.05, 0) is 87.9 Å². The summed E-state index contributed by atoms with van der Waals surface area (Å²) in [5, 5.41) is 7.99. The molecular weight excluding hydrogens is 613 g/mol. The van der Waals surface area contributed by atoms with Gasteiger partial charge in [0.25, 0.3) is 11.5 Å². The zero-order valence-corrected chi connectivity index (χ0v) is 28.0. The molecule has 1 aliphatic heterocycles. The van der Waals surface area contributed by atoms with E-state index in [1.54, 1.807) is 38.4 Å². The van der Waals surface area contributed by atoms with E-state index in [1.165, 1.54) is 43.5 Å². The molecular formula is C37H44FN5O5. The molecule has 11 heteroatoms. The normalized spacial score (nSPS) is 16.2. The number of nitrogens with one attached hydrogen (secondary N) is 1. The number of fused-ring (bicyclic) bond motifs is 1. The summed E-state index contributed by atoms with van der Waals surface area (Å²) in [6, 6.07) is 10.8. The van der Waals surface area contributed by atoms with Gasteiger partial charge >= 0.3 is 0 Å². The van der Waals surface area contributed by atoms with Crippen molar-refractivity contribution in [1.82, 2.24) is 25.0 Å². The van der Waals surface area contributed by atoms with Crippen LogP contribution in [0.2, 0.25) is 0 Å². The number of ether oxygens (including phenoxy) is 3.